The van der Waals surface area contributed by atoms with Gasteiger partial charge < -0.3 is 5.32 Å². The summed E-state index contributed by atoms with van der Waals surface area (Å²) in [4.78, 5) is 11.8. The van der Waals surface area contributed by atoms with Crippen LogP contribution in [0.1, 0.15) is 19.7 Å². The van der Waals surface area contributed by atoms with E-state index < -0.39 is 0 Å². The second-order valence-electron chi connectivity index (χ2n) is 4.10. The van der Waals surface area contributed by atoms with E-state index in [1.165, 1.54) is 0 Å². The van der Waals surface area contributed by atoms with Crippen LogP contribution in [0.3, 0.4) is 0 Å². The third-order valence-corrected chi connectivity index (χ3v) is 2.33. The molecule has 78 valence electrons. The van der Waals surface area contributed by atoms with Crippen molar-refractivity contribution in [3.05, 3.63) is 16.3 Å². The molecule has 0 atom stereocenters. The highest BCUT2D eigenvalue weighted by Crippen LogP contribution is 2.00. The summed E-state index contributed by atoms with van der Waals surface area (Å²) in [6, 6.07) is 0. The zero-order valence-electron chi connectivity index (χ0n) is 8.66. The number of nitrogens with one attached hydrogen (secondary N) is 1. The van der Waals surface area contributed by atoms with Crippen molar-refractivity contribution in [2.45, 2.75) is 33.5 Å². The van der Waals surface area contributed by atoms with Crippen LogP contribution in [-0.4, -0.2) is 20.9 Å². The van der Waals surface area contributed by atoms with Crippen LogP contribution in [0, 0.1) is 5.92 Å². The van der Waals surface area contributed by atoms with Crippen LogP contribution < -0.4 is 11.0 Å². The van der Waals surface area contributed by atoms with E-state index in [9.17, 15) is 4.79 Å². The molecule has 5 nitrogen and oxygen atoms in total. The molecule has 1 aromatic rings. The molecule has 0 fully saturated rings. The maximum atomic E-state index is 11.8. The summed E-state index contributed by atoms with van der Waals surface area (Å²) in [5, 5.41) is 7.49. The third-order valence-electron chi connectivity index (χ3n) is 2.33. The second kappa shape index (κ2) is 3.57. The normalized spacial score (nSPS) is 15.9. The average molecular weight is 196 g/mol. The number of fused-ring (bicyclic) bond motifs is 1. The predicted octanol–water partition coefficient (Wildman–Crippen LogP) is -0.196. The summed E-state index contributed by atoms with van der Waals surface area (Å²) in [6.07, 6.45) is 0. The summed E-state index contributed by atoms with van der Waals surface area (Å²) >= 11 is 0. The monoisotopic (exact) mass is 196 g/mol. The lowest BCUT2D eigenvalue weighted by molar-refractivity contribution is 0.465. The maximum absolute atomic E-state index is 11.8. The fourth-order valence-electron chi connectivity index (χ4n) is 1.70. The van der Waals surface area contributed by atoms with Crippen molar-refractivity contribution < 1.29 is 0 Å². The first-order chi connectivity index (χ1) is 6.68. The molecule has 0 saturated heterocycles. The van der Waals surface area contributed by atoms with E-state index in [0.29, 0.717) is 19.0 Å². The number of rotatable bonds is 2. The van der Waals surface area contributed by atoms with Gasteiger partial charge in [-0.15, -0.1) is 0 Å². The van der Waals surface area contributed by atoms with Gasteiger partial charge in [0.05, 0.1) is 6.54 Å². The smallest absolute Gasteiger partial charge is 0.308 e. The van der Waals surface area contributed by atoms with Crippen LogP contribution in [0.4, 0.5) is 0 Å². The molecule has 0 aliphatic carbocycles. The van der Waals surface area contributed by atoms with Crippen LogP contribution in [-0.2, 0) is 19.6 Å². The molecule has 0 aromatic carbocycles. The largest absolute Gasteiger partial charge is 0.346 e. The minimum atomic E-state index is 0.0372. The van der Waals surface area contributed by atoms with Crippen molar-refractivity contribution in [2.24, 2.45) is 5.92 Å². The van der Waals surface area contributed by atoms with Gasteiger partial charge in [-0.2, -0.15) is 5.10 Å². The first-order valence-corrected chi connectivity index (χ1v) is 5.05. The van der Waals surface area contributed by atoms with Crippen LogP contribution in [0.15, 0.2) is 4.79 Å². The Kier molecular flexibility index (Phi) is 2.41. The Morgan fingerprint density at radius 3 is 3.00 bits per heavy atom. The Balaban J connectivity index is 2.34. The molecule has 0 unspecified atom stereocenters. The Bertz CT molecular complexity index is 377. The molecular weight excluding hydrogens is 180 g/mol. The van der Waals surface area contributed by atoms with Crippen LogP contribution in [0.5, 0.6) is 0 Å². The molecule has 0 spiro atoms. The highest BCUT2D eigenvalue weighted by atomic mass is 16.2. The number of aromatic nitrogens is 3. The molecule has 5 heteroatoms. The molecule has 1 aliphatic rings. The summed E-state index contributed by atoms with van der Waals surface area (Å²) in [5.74, 6) is 1.32. The fourth-order valence-corrected chi connectivity index (χ4v) is 1.70. The fraction of sp³-hybridized carbons (Fsp3) is 0.778. The Labute approximate surface area is 82.7 Å². The van der Waals surface area contributed by atoms with E-state index in [1.54, 1.807) is 9.25 Å². The molecule has 0 amide bonds. The molecule has 0 radical (unpaired) electrons. The quantitative estimate of drug-likeness (QED) is 0.713. The summed E-state index contributed by atoms with van der Waals surface area (Å²) in [6.45, 7) is 7.19. The van der Waals surface area contributed by atoms with Gasteiger partial charge in [0.25, 0.3) is 0 Å². The number of nitrogens with zero attached hydrogens (tertiary/aromatic N) is 3. The molecule has 0 saturated carbocycles. The SMILES string of the molecule is CC(C)Cn1nc2n(c1=O)CCNC2. The summed E-state index contributed by atoms with van der Waals surface area (Å²) < 4.78 is 3.34. The minimum absolute atomic E-state index is 0.0372. The lowest BCUT2D eigenvalue weighted by Crippen LogP contribution is -2.34. The van der Waals surface area contributed by atoms with Crippen molar-refractivity contribution in [2.75, 3.05) is 6.54 Å². The Morgan fingerprint density at radius 2 is 2.36 bits per heavy atom. The maximum Gasteiger partial charge on any atom is 0.346 e. The zero-order chi connectivity index (χ0) is 10.1. The molecule has 0 bridgehead atoms. The standard InChI is InChI=1S/C9H16N4O/c1-7(2)6-13-9(14)12-4-3-10-5-8(12)11-13/h7,10H,3-6H2,1-2H3. The van der Waals surface area contributed by atoms with Crippen molar-refractivity contribution in [1.29, 1.82) is 0 Å². The zero-order valence-corrected chi connectivity index (χ0v) is 8.66. The van der Waals surface area contributed by atoms with E-state index >= 15 is 0 Å². The van der Waals surface area contributed by atoms with Gasteiger partial charge in [0, 0.05) is 19.6 Å². The van der Waals surface area contributed by atoms with Gasteiger partial charge in [-0.1, -0.05) is 13.8 Å². The van der Waals surface area contributed by atoms with Gasteiger partial charge in [0.2, 0.25) is 0 Å². The van der Waals surface area contributed by atoms with Crippen LogP contribution >= 0.6 is 0 Å². The highest BCUT2D eigenvalue weighted by molar-refractivity contribution is 4.90. The van der Waals surface area contributed by atoms with Gasteiger partial charge in [0.1, 0.15) is 5.82 Å². The third kappa shape index (κ3) is 1.59. The van der Waals surface area contributed by atoms with E-state index in [0.717, 1.165) is 18.9 Å². The average Bonchev–Trinajstić information content (AvgIpc) is 2.44. The Morgan fingerprint density at radius 1 is 1.57 bits per heavy atom. The minimum Gasteiger partial charge on any atom is -0.308 e. The first-order valence-electron chi connectivity index (χ1n) is 5.05. The molecule has 2 rings (SSSR count). The number of hydrogen-bond donors (Lipinski definition) is 1. The lowest BCUT2D eigenvalue weighted by atomic mass is 10.2. The van der Waals surface area contributed by atoms with Gasteiger partial charge in [-0.25, -0.2) is 9.48 Å². The van der Waals surface area contributed by atoms with Gasteiger partial charge >= 0.3 is 5.69 Å². The van der Waals surface area contributed by atoms with E-state index in [-0.39, 0.29) is 5.69 Å². The Hall–Kier alpha value is -1.10. The van der Waals surface area contributed by atoms with Crippen LogP contribution in [0.2, 0.25) is 0 Å². The van der Waals surface area contributed by atoms with Crippen molar-refractivity contribution in [1.82, 2.24) is 19.7 Å². The molecular formula is C9H16N4O. The van der Waals surface area contributed by atoms with Crippen LogP contribution in [0.25, 0.3) is 0 Å². The van der Waals surface area contributed by atoms with E-state index in [2.05, 4.69) is 24.3 Å². The van der Waals surface area contributed by atoms with Gasteiger partial charge in [-0.3, -0.25) is 4.57 Å². The van der Waals surface area contributed by atoms with E-state index in [4.69, 9.17) is 0 Å². The topological polar surface area (TPSA) is 51.9 Å². The number of hydrogen-bond acceptors (Lipinski definition) is 3. The molecule has 1 N–H and O–H groups in total. The second-order valence-corrected chi connectivity index (χ2v) is 4.10. The molecule has 14 heavy (non-hydrogen) atoms. The lowest BCUT2D eigenvalue weighted by Gasteiger charge is -2.11. The molecule has 1 aliphatic heterocycles. The highest BCUT2D eigenvalue weighted by Gasteiger charge is 2.16. The van der Waals surface area contributed by atoms with Crippen molar-refractivity contribution >= 4 is 0 Å². The predicted molar refractivity (Wildman–Crippen MR) is 53.0 cm³/mol. The van der Waals surface area contributed by atoms with Gasteiger partial charge in [0.15, 0.2) is 0 Å². The van der Waals surface area contributed by atoms with E-state index in [1.807, 2.05) is 0 Å². The summed E-state index contributed by atoms with van der Waals surface area (Å²) in [5.41, 5.74) is 0.0372. The summed E-state index contributed by atoms with van der Waals surface area (Å²) in [7, 11) is 0. The molecule has 2 heterocycles. The van der Waals surface area contributed by atoms with Crippen molar-refractivity contribution in [3.8, 4) is 0 Å². The first kappa shape index (κ1) is 9.45. The van der Waals surface area contributed by atoms with Crippen molar-refractivity contribution in [3.63, 3.8) is 0 Å². The van der Waals surface area contributed by atoms with Gasteiger partial charge in [-0.05, 0) is 5.92 Å². The molecule has 1 aromatic heterocycles.